The van der Waals surface area contributed by atoms with Crippen LogP contribution in [0.3, 0.4) is 0 Å². The van der Waals surface area contributed by atoms with E-state index < -0.39 is 0 Å². The molecule has 0 aromatic heterocycles. The minimum Gasteiger partial charge on any atom is -1.00 e. The summed E-state index contributed by atoms with van der Waals surface area (Å²) < 4.78 is 1.07. The number of halogens is 2. The maximum absolute atomic E-state index is 5.99. The van der Waals surface area contributed by atoms with E-state index in [0.717, 1.165) is 16.1 Å². The van der Waals surface area contributed by atoms with Crippen molar-refractivity contribution in [2.24, 2.45) is 0 Å². The minimum absolute atomic E-state index is 0. The van der Waals surface area contributed by atoms with Crippen LogP contribution in [0.2, 0.25) is 5.02 Å². The van der Waals surface area contributed by atoms with Gasteiger partial charge in [-0.15, -0.1) is 0 Å². The quantitative estimate of drug-likeness (QED) is 0.171. The monoisotopic (exact) mass is 457 g/mol. The molecule has 0 atom stereocenters. The number of quaternary nitrogens is 1. The summed E-state index contributed by atoms with van der Waals surface area (Å²) in [5.74, 6) is 0. The Bertz CT molecular complexity index is 484. The summed E-state index contributed by atoms with van der Waals surface area (Å²) in [6.07, 6.45) is 23.0. The van der Waals surface area contributed by atoms with Crippen molar-refractivity contribution in [3.63, 3.8) is 0 Å². The van der Waals surface area contributed by atoms with Gasteiger partial charge in [0.25, 0.3) is 0 Å². The molecule has 0 aliphatic carbocycles. The molecule has 0 saturated heterocycles. The Morgan fingerprint density at radius 3 is 1.37 bits per heavy atom. The van der Waals surface area contributed by atoms with E-state index in [4.69, 9.17) is 11.6 Å². The molecule has 0 unspecified atom stereocenters. The molecule has 1 rings (SSSR count). The lowest BCUT2D eigenvalue weighted by Crippen LogP contribution is -3.00. The summed E-state index contributed by atoms with van der Waals surface area (Å²) in [6.45, 7) is 4.65. The van der Waals surface area contributed by atoms with E-state index in [1.165, 1.54) is 115 Å². The zero-order valence-corrected chi connectivity index (χ0v) is 21.8. The van der Waals surface area contributed by atoms with Crippen molar-refractivity contribution < 1.29 is 16.9 Å². The lowest BCUT2D eigenvalue weighted by Gasteiger charge is -2.30. The summed E-state index contributed by atoms with van der Waals surface area (Å²) >= 11 is 5.99. The van der Waals surface area contributed by atoms with Gasteiger partial charge in [0.15, 0.2) is 0 Å². The van der Waals surface area contributed by atoms with Crippen LogP contribution >= 0.6 is 11.6 Å². The number of nitrogens with zero attached hydrogens (tertiary/aromatic N) is 1. The fourth-order valence-corrected chi connectivity index (χ4v) is 4.38. The largest absolute Gasteiger partial charge is 1.00 e. The molecule has 176 valence electrons. The van der Waals surface area contributed by atoms with E-state index >= 15 is 0 Å². The average Bonchev–Trinajstić information content (AvgIpc) is 2.69. The van der Waals surface area contributed by atoms with Gasteiger partial charge in [0.05, 0.1) is 20.6 Å². The highest BCUT2D eigenvalue weighted by atomic mass is 35.5. The third-order valence-corrected chi connectivity index (χ3v) is 6.39. The SMILES string of the molecule is CCCCCCCCCCCCCCCCCC[N+](C)(C)Cc1ccc(Cl)cc1.[Cl-]. The molecule has 0 N–H and O–H groups in total. The molecule has 1 nitrogen and oxygen atoms in total. The van der Waals surface area contributed by atoms with Crippen molar-refractivity contribution in [3.05, 3.63) is 34.9 Å². The summed E-state index contributed by atoms with van der Waals surface area (Å²) in [5.41, 5.74) is 1.39. The molecule has 0 amide bonds. The highest BCUT2D eigenvalue weighted by Crippen LogP contribution is 2.16. The Hall–Kier alpha value is -0.240. The molecular weight excluding hydrogens is 409 g/mol. The van der Waals surface area contributed by atoms with Crippen LogP contribution in [0.1, 0.15) is 115 Å². The maximum Gasteiger partial charge on any atom is 0.104 e. The number of unbranched alkanes of at least 4 members (excludes halogenated alkanes) is 15. The molecule has 30 heavy (non-hydrogen) atoms. The van der Waals surface area contributed by atoms with E-state index in [1.807, 2.05) is 12.1 Å². The van der Waals surface area contributed by atoms with Gasteiger partial charge in [0.2, 0.25) is 0 Å². The standard InChI is InChI=1S/C27H49ClN.ClH/c1-4-5-6-7-8-9-10-11-12-13-14-15-16-17-18-19-24-29(2,3)25-26-20-22-27(28)23-21-26;/h20-23H,4-19,24-25H2,1-3H3;1H/q+1;/p-1. The zero-order chi connectivity index (χ0) is 21.2. The second-order valence-electron chi connectivity index (χ2n) is 9.75. The third kappa shape index (κ3) is 17.4. The lowest BCUT2D eigenvalue weighted by molar-refractivity contribution is -0.903. The molecule has 0 aliphatic heterocycles. The van der Waals surface area contributed by atoms with Crippen molar-refractivity contribution in [2.45, 2.75) is 116 Å². The second kappa shape index (κ2) is 19.4. The topological polar surface area (TPSA) is 0 Å². The third-order valence-electron chi connectivity index (χ3n) is 6.14. The van der Waals surface area contributed by atoms with E-state index in [9.17, 15) is 0 Å². The number of hydrogen-bond acceptors (Lipinski definition) is 0. The van der Waals surface area contributed by atoms with E-state index in [-0.39, 0.29) is 12.4 Å². The Morgan fingerprint density at radius 1 is 0.600 bits per heavy atom. The summed E-state index contributed by atoms with van der Waals surface area (Å²) in [4.78, 5) is 0. The van der Waals surface area contributed by atoms with Gasteiger partial charge in [0.1, 0.15) is 6.54 Å². The van der Waals surface area contributed by atoms with Gasteiger partial charge in [-0.1, -0.05) is 121 Å². The van der Waals surface area contributed by atoms with Gasteiger partial charge >= 0.3 is 0 Å². The molecule has 0 radical (unpaired) electrons. The van der Waals surface area contributed by atoms with Crippen molar-refractivity contribution in [2.75, 3.05) is 20.6 Å². The Kier molecular flexibility index (Phi) is 19.3. The van der Waals surface area contributed by atoms with E-state index in [1.54, 1.807) is 0 Å². The predicted octanol–water partition coefficient (Wildman–Crippen LogP) is 6.18. The Labute approximate surface area is 200 Å². The first-order valence-electron chi connectivity index (χ1n) is 12.6. The highest BCUT2D eigenvalue weighted by Gasteiger charge is 2.15. The smallest absolute Gasteiger partial charge is 0.104 e. The predicted molar refractivity (Wildman–Crippen MR) is 132 cm³/mol. The summed E-state index contributed by atoms with van der Waals surface area (Å²) in [6, 6.07) is 8.34. The van der Waals surface area contributed by atoms with Gasteiger partial charge in [-0.3, -0.25) is 0 Å². The first kappa shape index (κ1) is 29.8. The normalized spacial score (nSPS) is 11.5. The molecule has 1 aromatic rings. The number of benzene rings is 1. The minimum atomic E-state index is 0. The lowest BCUT2D eigenvalue weighted by atomic mass is 10.0. The molecule has 1 aromatic carbocycles. The van der Waals surface area contributed by atoms with Gasteiger partial charge < -0.3 is 16.9 Å². The van der Waals surface area contributed by atoms with Crippen LogP contribution in [0.25, 0.3) is 0 Å². The first-order chi connectivity index (χ1) is 14.0. The van der Waals surface area contributed by atoms with E-state index in [0.29, 0.717) is 0 Å². The highest BCUT2D eigenvalue weighted by molar-refractivity contribution is 6.30. The molecule has 0 saturated carbocycles. The molecule has 3 heteroatoms. The van der Waals surface area contributed by atoms with E-state index in [2.05, 4.69) is 33.2 Å². The fraction of sp³-hybridized carbons (Fsp3) is 0.778. The van der Waals surface area contributed by atoms with Crippen LogP contribution in [0.15, 0.2) is 24.3 Å². The fourth-order valence-electron chi connectivity index (χ4n) is 4.25. The molecule has 0 bridgehead atoms. The summed E-state index contributed by atoms with van der Waals surface area (Å²) in [5, 5.41) is 0.830. The first-order valence-corrected chi connectivity index (χ1v) is 13.0. The van der Waals surface area contributed by atoms with Crippen LogP contribution in [0.5, 0.6) is 0 Å². The maximum atomic E-state index is 5.99. The van der Waals surface area contributed by atoms with Gasteiger partial charge in [-0.25, -0.2) is 0 Å². The number of rotatable bonds is 19. The van der Waals surface area contributed by atoms with Crippen LogP contribution in [0.4, 0.5) is 0 Å². The van der Waals surface area contributed by atoms with Crippen molar-refractivity contribution in [1.29, 1.82) is 0 Å². The zero-order valence-electron chi connectivity index (χ0n) is 20.2. The molecular formula is C27H49Cl2N. The van der Waals surface area contributed by atoms with Crippen LogP contribution in [0, 0.1) is 0 Å². The molecule has 0 heterocycles. The Morgan fingerprint density at radius 2 is 0.967 bits per heavy atom. The second-order valence-corrected chi connectivity index (χ2v) is 10.2. The Balaban J connectivity index is 0.00000841. The van der Waals surface area contributed by atoms with Crippen molar-refractivity contribution >= 4 is 11.6 Å². The van der Waals surface area contributed by atoms with Crippen LogP contribution < -0.4 is 12.4 Å². The van der Waals surface area contributed by atoms with Gasteiger partial charge in [0, 0.05) is 10.6 Å². The van der Waals surface area contributed by atoms with Crippen LogP contribution in [-0.2, 0) is 6.54 Å². The summed E-state index contributed by atoms with van der Waals surface area (Å²) in [7, 11) is 4.69. The van der Waals surface area contributed by atoms with Crippen molar-refractivity contribution in [3.8, 4) is 0 Å². The van der Waals surface area contributed by atoms with Crippen LogP contribution in [-0.4, -0.2) is 25.1 Å². The number of hydrogen-bond donors (Lipinski definition) is 0. The molecule has 0 spiro atoms. The molecule has 0 aliphatic rings. The average molecular weight is 459 g/mol. The van der Waals surface area contributed by atoms with Gasteiger partial charge in [-0.2, -0.15) is 0 Å². The molecule has 0 fully saturated rings. The van der Waals surface area contributed by atoms with Crippen molar-refractivity contribution in [1.82, 2.24) is 0 Å². The van der Waals surface area contributed by atoms with Gasteiger partial charge in [-0.05, 0) is 25.0 Å².